The molecule has 26 heteroatoms. The van der Waals surface area contributed by atoms with Crippen molar-refractivity contribution >= 4 is 72.8 Å². The highest BCUT2D eigenvalue weighted by molar-refractivity contribution is 7.86. The molecule has 2 aromatic carbocycles. The smallest absolute Gasteiger partial charge is 0.500 e. The van der Waals surface area contributed by atoms with Crippen LogP contribution in [0, 0.1) is 0 Å². The number of rotatable bonds is 37. The molecule has 1 aliphatic carbocycles. The molecule has 1 saturated carbocycles. The molecule has 0 unspecified atom stereocenters. The molecule has 4 aliphatic rings. The summed E-state index contributed by atoms with van der Waals surface area (Å²) in [5.41, 5.74) is 6.55. The SMILES string of the molecule is CCOC(=O)N1CC[N+](=C2/C(=C/C=C3\N(CCCCCC(=O)NCCC[Si](OCC)(OCC)OCC)c4ccc(S(=O)(=O)[O-])cc4C3(C)C)CC/C2=C\C=C2/N(CCCCCC(=O)NCCC[Si](OCC)(OCC)OCC)c3ccc(S(=O)(=O)[O-])cc3C2(C)C)CC1. The van der Waals surface area contributed by atoms with Crippen LogP contribution < -0.4 is 20.4 Å². The van der Waals surface area contributed by atoms with E-state index in [1.165, 1.54) is 24.3 Å². The molecule has 514 valence electrons. The van der Waals surface area contributed by atoms with Crippen molar-refractivity contribution in [3.8, 4) is 0 Å². The molecule has 3 aliphatic heterocycles. The third-order valence-corrected chi connectivity index (χ3v) is 25.3. The van der Waals surface area contributed by atoms with Crippen molar-refractivity contribution in [2.75, 3.05) is 108 Å². The molecule has 0 radical (unpaired) electrons. The fraction of sp³-hybridized carbons (Fsp3) is 0.636. The predicted octanol–water partition coefficient (Wildman–Crippen LogP) is 9.96. The number of hydrogen-bond donors (Lipinski definition) is 2. The van der Waals surface area contributed by atoms with Crippen LogP contribution in [-0.2, 0) is 71.9 Å². The van der Waals surface area contributed by atoms with Gasteiger partial charge in [0.1, 0.15) is 20.2 Å². The highest BCUT2D eigenvalue weighted by atomic mass is 32.2. The summed E-state index contributed by atoms with van der Waals surface area (Å²) < 4.78 is 118. The third-order valence-electron chi connectivity index (χ3n) is 17.3. The first-order valence-corrected chi connectivity index (χ1v) is 40.0. The molecule has 0 atom stereocenters. The minimum absolute atomic E-state index is 0.0364. The van der Waals surface area contributed by atoms with Gasteiger partial charge in [0.05, 0.1) is 29.5 Å². The number of carbonyl (C=O) groups excluding carboxylic acids is 3. The zero-order valence-corrected chi connectivity index (χ0v) is 60.0. The van der Waals surface area contributed by atoms with Crippen molar-refractivity contribution in [1.29, 1.82) is 0 Å². The van der Waals surface area contributed by atoms with Crippen LogP contribution in [0.5, 0.6) is 0 Å². The largest absolute Gasteiger partial charge is 0.744 e. The summed E-state index contributed by atoms with van der Waals surface area (Å²) in [6.45, 7) is 28.6. The van der Waals surface area contributed by atoms with E-state index in [2.05, 4.69) is 49.3 Å². The van der Waals surface area contributed by atoms with Crippen molar-refractivity contribution < 1.29 is 76.2 Å². The van der Waals surface area contributed by atoms with E-state index in [1.807, 2.05) is 69.2 Å². The minimum atomic E-state index is -4.76. The summed E-state index contributed by atoms with van der Waals surface area (Å²) in [7, 11) is -15.2. The average molecular weight is 1360 g/mol. The van der Waals surface area contributed by atoms with Gasteiger partial charge in [-0.2, -0.15) is 0 Å². The number of anilines is 2. The number of nitrogens with zero attached hydrogens (tertiary/aromatic N) is 4. The van der Waals surface area contributed by atoms with Crippen molar-refractivity contribution in [1.82, 2.24) is 15.5 Å². The Bertz CT molecular complexity index is 3010. The number of hydrogen-bond acceptors (Lipinski definition) is 18. The van der Waals surface area contributed by atoms with Gasteiger partial charge >= 0.3 is 23.7 Å². The lowest BCUT2D eigenvalue weighted by molar-refractivity contribution is -0.537. The number of unbranched alkanes of at least 4 members (excludes halogenated alkanes) is 4. The molecule has 2 aromatic rings. The van der Waals surface area contributed by atoms with Crippen molar-refractivity contribution in [2.24, 2.45) is 0 Å². The fourth-order valence-electron chi connectivity index (χ4n) is 12.9. The number of nitrogens with one attached hydrogen (secondary N) is 2. The van der Waals surface area contributed by atoms with Gasteiger partial charge in [-0.05, 0) is 160 Å². The summed E-state index contributed by atoms with van der Waals surface area (Å²) >= 11 is 0. The second-order valence-corrected chi connectivity index (χ2v) is 32.5. The van der Waals surface area contributed by atoms with E-state index in [4.69, 9.17) is 31.3 Å². The van der Waals surface area contributed by atoms with Crippen LogP contribution in [0.2, 0.25) is 12.1 Å². The molecule has 3 amide bonds. The van der Waals surface area contributed by atoms with Gasteiger partial charge in [0.2, 0.25) is 17.5 Å². The number of allylic oxidation sites excluding steroid dienone is 8. The Hall–Kier alpha value is -5.11. The highest BCUT2D eigenvalue weighted by Gasteiger charge is 2.44. The summed E-state index contributed by atoms with van der Waals surface area (Å²) in [5.74, 6) is -0.0727. The van der Waals surface area contributed by atoms with E-state index in [0.29, 0.717) is 167 Å². The molecular weight excluding hydrogens is 1250 g/mol. The molecule has 0 spiro atoms. The molecule has 3 heterocycles. The topological polar surface area (TPSA) is 267 Å². The minimum Gasteiger partial charge on any atom is -0.744 e. The predicted molar refractivity (Wildman–Crippen MR) is 358 cm³/mol. The molecule has 2 fully saturated rings. The monoisotopic (exact) mass is 1360 g/mol. The van der Waals surface area contributed by atoms with Gasteiger partial charge in [-0.3, -0.25) is 14.5 Å². The lowest BCUT2D eigenvalue weighted by Gasteiger charge is -2.28. The fourth-order valence-corrected chi connectivity index (χ4v) is 19.2. The van der Waals surface area contributed by atoms with Gasteiger partial charge in [0.15, 0.2) is 13.1 Å². The molecule has 22 nitrogen and oxygen atoms in total. The highest BCUT2D eigenvalue weighted by Crippen LogP contribution is 2.50. The van der Waals surface area contributed by atoms with Gasteiger partial charge in [-0.15, -0.1) is 0 Å². The molecule has 6 rings (SSSR count). The maximum atomic E-state index is 13.0. The summed E-state index contributed by atoms with van der Waals surface area (Å²) in [6.07, 6.45) is 15.8. The van der Waals surface area contributed by atoms with Crippen LogP contribution in [0.4, 0.5) is 16.2 Å². The van der Waals surface area contributed by atoms with E-state index in [0.717, 1.165) is 65.3 Å². The maximum absolute atomic E-state index is 13.0. The van der Waals surface area contributed by atoms with E-state index in [9.17, 15) is 40.3 Å². The molecule has 1 saturated heterocycles. The quantitative estimate of drug-likeness (QED) is 0.0276. The summed E-state index contributed by atoms with van der Waals surface area (Å²) in [4.78, 5) is 44.6. The molecule has 0 aromatic heterocycles. The zero-order chi connectivity index (χ0) is 67.3. The summed E-state index contributed by atoms with van der Waals surface area (Å²) in [6, 6.07) is 10.4. The van der Waals surface area contributed by atoms with Gasteiger partial charge < -0.3 is 60.8 Å². The molecule has 2 N–H and O–H groups in total. The van der Waals surface area contributed by atoms with E-state index in [-0.39, 0.29) is 34.3 Å². The maximum Gasteiger partial charge on any atom is 0.500 e. The van der Waals surface area contributed by atoms with Crippen LogP contribution in [0.1, 0.15) is 164 Å². The van der Waals surface area contributed by atoms with Crippen molar-refractivity contribution in [3.05, 3.63) is 94.4 Å². The first-order valence-electron chi connectivity index (χ1n) is 33.3. The second-order valence-electron chi connectivity index (χ2n) is 24.3. The van der Waals surface area contributed by atoms with Gasteiger partial charge in [-0.25, -0.2) is 26.2 Å². The lowest BCUT2D eigenvalue weighted by atomic mass is 9.83. The average Bonchev–Trinajstić information content (AvgIpc) is 1.59. The second kappa shape index (κ2) is 35.1. The van der Waals surface area contributed by atoms with Gasteiger partial charge in [0.25, 0.3) is 0 Å². The van der Waals surface area contributed by atoms with Crippen LogP contribution in [-0.4, -0.2) is 175 Å². The Balaban J connectivity index is 1.25. The molecular formula is C66H103N6O16S2Si2-. The Kier molecular flexibility index (Phi) is 28.9. The number of fused-ring (bicyclic) bond motifs is 2. The molecule has 0 bridgehead atoms. The van der Waals surface area contributed by atoms with Crippen LogP contribution in [0.25, 0.3) is 0 Å². The first-order chi connectivity index (χ1) is 43.8. The van der Waals surface area contributed by atoms with Crippen LogP contribution in [0.15, 0.2) is 93.0 Å². The summed E-state index contributed by atoms with van der Waals surface area (Å²) in [5, 5.41) is 6.10. The van der Waals surface area contributed by atoms with Gasteiger partial charge in [0, 0.05) is 135 Å². The van der Waals surface area contributed by atoms with E-state index < -0.39 is 48.7 Å². The third kappa shape index (κ3) is 20.0. The normalized spacial score (nSPS) is 18.4. The number of piperazine rings is 1. The molecule has 92 heavy (non-hydrogen) atoms. The Morgan fingerprint density at radius 3 is 1.27 bits per heavy atom. The van der Waals surface area contributed by atoms with Crippen molar-refractivity contribution in [2.45, 2.75) is 186 Å². The van der Waals surface area contributed by atoms with Gasteiger partial charge in [-0.1, -0.05) is 52.7 Å². The first kappa shape index (κ1) is 75.9. The standard InChI is InChI=1S/C66H104N6O16S2Si2/c1-12-82-64(75)70-45-43-69(44-46-70)63-51(31-37-59-65(8,9)55-49-53(89(76,77)78)33-35-57(55)71(59)41-23-19-21-27-61(73)67-39-25-47-91(83-13-2,84-14-3)85-15-4)29-30-52(63)32-38-60-66(10,11)56-50-54(90(79,80)81)34-36-58(56)72(60)42-24-20-22-28-62(74)68-40-26-48-92(86-16-5,87-17-6)88-18-7/h31-38,49-50H,12-30,39-48H2,1-11H3,(H3-,67,68,73,74,76,77,78,79,80,81)/p-1. The van der Waals surface area contributed by atoms with E-state index >= 15 is 0 Å². The zero-order valence-electron chi connectivity index (χ0n) is 56.4. The number of benzene rings is 2. The number of ether oxygens (including phenoxy) is 1. The van der Waals surface area contributed by atoms with Crippen LogP contribution in [0.3, 0.4) is 0 Å². The number of carbonyl (C=O) groups is 3. The Morgan fingerprint density at radius 1 is 0.543 bits per heavy atom. The van der Waals surface area contributed by atoms with Crippen molar-refractivity contribution in [3.63, 3.8) is 0 Å². The van der Waals surface area contributed by atoms with Crippen LogP contribution >= 0.6 is 0 Å². The number of amides is 3. The Labute approximate surface area is 550 Å². The Morgan fingerprint density at radius 2 is 0.924 bits per heavy atom. The lowest BCUT2D eigenvalue weighted by Crippen LogP contribution is -2.47. The van der Waals surface area contributed by atoms with E-state index in [1.54, 1.807) is 24.0 Å².